The number of hydrogen-bond donors (Lipinski definition) is 7. The number of benzene rings is 2. The number of aliphatic hydroxyl groups is 5. The zero-order valence-corrected chi connectivity index (χ0v) is 25.4. The zero-order valence-electron chi connectivity index (χ0n) is 25.4. The van der Waals surface area contributed by atoms with Gasteiger partial charge in [-0.15, -0.1) is 0 Å². The van der Waals surface area contributed by atoms with Crippen molar-refractivity contribution < 1.29 is 73.7 Å². The maximum absolute atomic E-state index is 12.9. The minimum absolute atomic E-state index is 0.0231. The van der Waals surface area contributed by atoms with Crippen LogP contribution in [-0.4, -0.2) is 131 Å². The van der Waals surface area contributed by atoms with E-state index in [4.69, 9.17) is 33.2 Å². The maximum Gasteiger partial charge on any atom is 0.331 e. The first-order chi connectivity index (χ1) is 22.0. The lowest BCUT2D eigenvalue weighted by Gasteiger charge is -2.46. The Labute approximate surface area is 264 Å². The average molecular weight is 653 g/mol. The van der Waals surface area contributed by atoms with Crippen molar-refractivity contribution >= 4 is 12.0 Å². The van der Waals surface area contributed by atoms with E-state index in [1.54, 1.807) is 18.2 Å². The first kappa shape index (κ1) is 35.3. The number of aromatic hydroxyl groups is 2. The van der Waals surface area contributed by atoms with Gasteiger partial charge in [-0.05, 0) is 54.8 Å². The van der Waals surface area contributed by atoms with Gasteiger partial charge < -0.3 is 68.9 Å². The molecule has 15 heteroatoms. The molecule has 2 aliphatic heterocycles. The molecular formula is C31H40O15. The van der Waals surface area contributed by atoms with Crippen molar-refractivity contribution in [1.29, 1.82) is 0 Å². The van der Waals surface area contributed by atoms with Gasteiger partial charge in [0.2, 0.25) is 0 Å². The molecule has 2 heterocycles. The van der Waals surface area contributed by atoms with E-state index in [0.717, 1.165) is 6.08 Å². The number of methoxy groups -OCH3 is 2. The summed E-state index contributed by atoms with van der Waals surface area (Å²) in [4.78, 5) is 12.9. The minimum Gasteiger partial charge on any atom is -0.504 e. The van der Waals surface area contributed by atoms with Crippen LogP contribution in [0.3, 0.4) is 0 Å². The van der Waals surface area contributed by atoms with E-state index in [2.05, 4.69) is 0 Å². The second-order valence-corrected chi connectivity index (χ2v) is 10.8. The molecule has 46 heavy (non-hydrogen) atoms. The summed E-state index contributed by atoms with van der Waals surface area (Å²) in [6.07, 6.45) is -12.1. The Bertz CT molecular complexity index is 1340. The molecule has 2 saturated heterocycles. The highest BCUT2D eigenvalue weighted by atomic mass is 16.7. The molecule has 2 aromatic rings. The minimum atomic E-state index is -1.75. The van der Waals surface area contributed by atoms with Gasteiger partial charge >= 0.3 is 5.97 Å². The molecule has 4 rings (SSSR count). The summed E-state index contributed by atoms with van der Waals surface area (Å²) in [5.74, 6) is -0.637. The molecule has 0 aromatic heterocycles. The van der Waals surface area contributed by atoms with Gasteiger partial charge in [-0.2, -0.15) is 0 Å². The van der Waals surface area contributed by atoms with Crippen molar-refractivity contribution in [1.82, 2.24) is 0 Å². The lowest BCUT2D eigenvalue weighted by Crippen LogP contribution is -2.65. The summed E-state index contributed by atoms with van der Waals surface area (Å²) < 4.78 is 38.5. The molecule has 15 nitrogen and oxygen atoms in total. The number of phenols is 2. The van der Waals surface area contributed by atoms with E-state index in [9.17, 15) is 40.5 Å². The number of aliphatic hydroxyl groups excluding tert-OH is 5. The Morgan fingerprint density at radius 1 is 0.848 bits per heavy atom. The zero-order chi connectivity index (χ0) is 33.5. The average Bonchev–Trinajstić information content (AvgIpc) is 3.04. The van der Waals surface area contributed by atoms with Crippen LogP contribution in [0.5, 0.6) is 23.0 Å². The molecule has 0 bridgehead atoms. The lowest BCUT2D eigenvalue weighted by atomic mass is 9.97. The smallest absolute Gasteiger partial charge is 0.331 e. The van der Waals surface area contributed by atoms with Crippen LogP contribution in [0.15, 0.2) is 42.5 Å². The second-order valence-electron chi connectivity index (χ2n) is 10.8. The van der Waals surface area contributed by atoms with E-state index in [-0.39, 0.29) is 36.0 Å². The SMILES string of the molecule is COc1ccc(C=CC(=O)OC2C(CO)OC(OCCc3ccc(OC)c(O)c3)C(O)C2OC2OC(C)C(O)C(O)C2O)cc1O. The molecule has 0 saturated carbocycles. The summed E-state index contributed by atoms with van der Waals surface area (Å²) in [7, 11) is 2.81. The van der Waals surface area contributed by atoms with Crippen molar-refractivity contribution in [3.63, 3.8) is 0 Å². The number of carbonyl (C=O) groups excluding carboxylic acids is 1. The second kappa shape index (κ2) is 15.9. The topological polar surface area (TPSA) is 223 Å². The standard InChI is InChI=1S/C31H40O15/c1-15-24(36)25(37)26(38)31(43-15)46-29-27(39)30(42-11-10-17-5-8-21(41-3)19(34)13-17)44-22(14-32)28(29)45-23(35)9-6-16-4-7-20(40-2)18(33)12-16/h4-9,12-13,15,22,24-34,36-39H,10-11,14H2,1-3H3. The van der Waals surface area contributed by atoms with Gasteiger partial charge in [-0.3, -0.25) is 0 Å². The summed E-state index contributed by atoms with van der Waals surface area (Å²) in [6, 6.07) is 9.21. The molecule has 254 valence electrons. The molecule has 10 unspecified atom stereocenters. The molecule has 0 amide bonds. The summed E-state index contributed by atoms with van der Waals surface area (Å²) in [5.41, 5.74) is 1.11. The van der Waals surface area contributed by atoms with Crippen LogP contribution in [0.25, 0.3) is 6.08 Å². The molecule has 0 spiro atoms. The highest BCUT2D eigenvalue weighted by molar-refractivity contribution is 5.87. The highest BCUT2D eigenvalue weighted by Crippen LogP contribution is 2.32. The van der Waals surface area contributed by atoms with Crippen molar-refractivity contribution in [2.45, 2.75) is 74.8 Å². The first-order valence-electron chi connectivity index (χ1n) is 14.5. The molecule has 2 aliphatic rings. The maximum atomic E-state index is 12.9. The van der Waals surface area contributed by atoms with Gasteiger partial charge in [0, 0.05) is 6.08 Å². The van der Waals surface area contributed by atoms with E-state index in [1.807, 2.05) is 0 Å². The fraction of sp³-hybridized carbons (Fsp3) is 0.516. The number of hydrogen-bond acceptors (Lipinski definition) is 15. The Hall–Kier alpha value is -3.51. The van der Waals surface area contributed by atoms with Crippen LogP contribution in [0.1, 0.15) is 18.1 Å². The van der Waals surface area contributed by atoms with Gasteiger partial charge in [-0.1, -0.05) is 12.1 Å². The predicted octanol–water partition coefficient (Wildman–Crippen LogP) is -0.410. The first-order valence-corrected chi connectivity index (χ1v) is 14.5. The molecule has 0 aliphatic carbocycles. The summed E-state index contributed by atoms with van der Waals surface area (Å²) in [5, 5.41) is 72.5. The third kappa shape index (κ3) is 8.25. The van der Waals surface area contributed by atoms with E-state index >= 15 is 0 Å². The third-order valence-corrected chi connectivity index (χ3v) is 7.68. The molecule has 7 N–H and O–H groups in total. The number of ether oxygens (including phenoxy) is 7. The van der Waals surface area contributed by atoms with Gasteiger partial charge in [-0.25, -0.2) is 4.79 Å². The number of rotatable bonds is 12. The lowest BCUT2D eigenvalue weighted by molar-refractivity contribution is -0.357. The molecule has 0 radical (unpaired) electrons. The normalized spacial score (nSPS) is 31.5. The molecule has 10 atom stereocenters. The summed E-state index contributed by atoms with van der Waals surface area (Å²) >= 11 is 0. The Morgan fingerprint density at radius 2 is 1.52 bits per heavy atom. The number of carbonyl (C=O) groups is 1. The Kier molecular flexibility index (Phi) is 12.2. The van der Waals surface area contributed by atoms with E-state index in [1.165, 1.54) is 45.4 Å². The Balaban J connectivity index is 1.52. The summed E-state index contributed by atoms with van der Waals surface area (Å²) in [6.45, 7) is 0.707. The van der Waals surface area contributed by atoms with Crippen molar-refractivity contribution in [3.05, 3.63) is 53.6 Å². The Morgan fingerprint density at radius 3 is 2.15 bits per heavy atom. The highest BCUT2D eigenvalue weighted by Gasteiger charge is 2.52. The fourth-order valence-corrected chi connectivity index (χ4v) is 5.09. The third-order valence-electron chi connectivity index (χ3n) is 7.68. The van der Waals surface area contributed by atoms with Crippen LogP contribution in [0, 0.1) is 0 Å². The number of esters is 1. The monoisotopic (exact) mass is 652 g/mol. The van der Waals surface area contributed by atoms with Crippen LogP contribution in [0.2, 0.25) is 0 Å². The quantitative estimate of drug-likeness (QED) is 0.114. The largest absolute Gasteiger partial charge is 0.504 e. The van der Waals surface area contributed by atoms with Crippen molar-refractivity contribution in [3.8, 4) is 23.0 Å². The van der Waals surface area contributed by atoms with Gasteiger partial charge in [0.15, 0.2) is 41.7 Å². The van der Waals surface area contributed by atoms with Gasteiger partial charge in [0.1, 0.15) is 36.6 Å². The van der Waals surface area contributed by atoms with Crippen molar-refractivity contribution in [2.24, 2.45) is 0 Å². The fourth-order valence-electron chi connectivity index (χ4n) is 5.09. The van der Waals surface area contributed by atoms with Crippen LogP contribution >= 0.6 is 0 Å². The van der Waals surface area contributed by atoms with Crippen LogP contribution in [-0.2, 0) is 34.9 Å². The van der Waals surface area contributed by atoms with E-state index < -0.39 is 74.0 Å². The van der Waals surface area contributed by atoms with E-state index in [0.29, 0.717) is 11.1 Å². The molecular weight excluding hydrogens is 612 g/mol. The van der Waals surface area contributed by atoms with Crippen molar-refractivity contribution in [2.75, 3.05) is 27.4 Å². The van der Waals surface area contributed by atoms with Gasteiger partial charge in [0.05, 0.1) is 33.5 Å². The molecule has 2 aromatic carbocycles. The van der Waals surface area contributed by atoms with Gasteiger partial charge in [0.25, 0.3) is 0 Å². The predicted molar refractivity (Wildman–Crippen MR) is 157 cm³/mol. The molecule has 2 fully saturated rings. The van der Waals surface area contributed by atoms with Crippen LogP contribution in [0.4, 0.5) is 0 Å². The van der Waals surface area contributed by atoms with Crippen LogP contribution < -0.4 is 9.47 Å². The number of phenolic OH excluding ortho intramolecular Hbond substituents is 2.